The third-order valence-corrected chi connectivity index (χ3v) is 4.63. The molecule has 1 aromatic rings. The number of esters is 1. The number of rotatable bonds is 6. The number of carbonyl (C=O) groups is 1. The SMILES string of the molecule is CCOC(=O)C(NCC1CCCS1)c1ccccc1. The van der Waals surface area contributed by atoms with Crippen LogP contribution in [0.2, 0.25) is 0 Å². The van der Waals surface area contributed by atoms with Gasteiger partial charge in [0.25, 0.3) is 0 Å². The number of ether oxygens (including phenoxy) is 1. The van der Waals surface area contributed by atoms with Crippen molar-refractivity contribution < 1.29 is 9.53 Å². The van der Waals surface area contributed by atoms with Crippen LogP contribution in [0.15, 0.2) is 30.3 Å². The molecule has 1 fully saturated rings. The van der Waals surface area contributed by atoms with Crippen molar-refractivity contribution in [2.45, 2.75) is 31.1 Å². The molecule has 2 atom stereocenters. The van der Waals surface area contributed by atoms with E-state index < -0.39 is 0 Å². The number of hydrogen-bond acceptors (Lipinski definition) is 4. The van der Waals surface area contributed by atoms with Gasteiger partial charge in [-0.25, -0.2) is 4.79 Å². The van der Waals surface area contributed by atoms with Crippen molar-refractivity contribution >= 4 is 17.7 Å². The summed E-state index contributed by atoms with van der Waals surface area (Å²) in [6.07, 6.45) is 2.52. The van der Waals surface area contributed by atoms with Gasteiger partial charge in [0.05, 0.1) is 6.61 Å². The van der Waals surface area contributed by atoms with Crippen LogP contribution in [0.1, 0.15) is 31.4 Å². The Morgan fingerprint density at radius 2 is 2.26 bits per heavy atom. The molecule has 1 aromatic carbocycles. The molecule has 0 spiro atoms. The summed E-state index contributed by atoms with van der Waals surface area (Å²) in [5, 5.41) is 3.99. The van der Waals surface area contributed by atoms with Gasteiger partial charge in [0.2, 0.25) is 0 Å². The van der Waals surface area contributed by atoms with Crippen molar-refractivity contribution in [1.29, 1.82) is 0 Å². The van der Waals surface area contributed by atoms with Crippen molar-refractivity contribution in [3.05, 3.63) is 35.9 Å². The lowest BCUT2D eigenvalue weighted by Crippen LogP contribution is -2.34. The van der Waals surface area contributed by atoms with Crippen molar-refractivity contribution in [2.75, 3.05) is 18.9 Å². The van der Waals surface area contributed by atoms with Gasteiger partial charge in [-0.15, -0.1) is 0 Å². The van der Waals surface area contributed by atoms with Gasteiger partial charge in [-0.2, -0.15) is 11.8 Å². The predicted octanol–water partition coefficient (Wildman–Crippen LogP) is 2.78. The van der Waals surface area contributed by atoms with E-state index in [-0.39, 0.29) is 12.0 Å². The molecule has 1 aliphatic heterocycles. The average molecular weight is 279 g/mol. The molecule has 1 heterocycles. The van der Waals surface area contributed by atoms with Crippen LogP contribution in [0.4, 0.5) is 0 Å². The Bertz CT molecular complexity index is 390. The largest absolute Gasteiger partial charge is 0.465 e. The summed E-state index contributed by atoms with van der Waals surface area (Å²) >= 11 is 1.99. The van der Waals surface area contributed by atoms with Crippen LogP contribution in [-0.2, 0) is 9.53 Å². The minimum absolute atomic E-state index is 0.184. The molecule has 19 heavy (non-hydrogen) atoms. The van der Waals surface area contributed by atoms with E-state index in [0.29, 0.717) is 11.9 Å². The topological polar surface area (TPSA) is 38.3 Å². The second kappa shape index (κ2) is 7.56. The number of thioether (sulfide) groups is 1. The molecular formula is C15H21NO2S. The molecule has 0 aromatic heterocycles. The first-order chi connectivity index (χ1) is 9.31. The van der Waals surface area contributed by atoms with Crippen LogP contribution in [0, 0.1) is 0 Å². The molecule has 3 nitrogen and oxygen atoms in total. The third-order valence-electron chi connectivity index (χ3n) is 3.23. The lowest BCUT2D eigenvalue weighted by molar-refractivity contribution is -0.145. The van der Waals surface area contributed by atoms with E-state index in [1.54, 1.807) is 0 Å². The van der Waals surface area contributed by atoms with Crippen molar-refractivity contribution in [2.24, 2.45) is 0 Å². The van der Waals surface area contributed by atoms with Crippen LogP contribution in [0.3, 0.4) is 0 Å². The van der Waals surface area contributed by atoms with E-state index in [1.165, 1.54) is 18.6 Å². The maximum absolute atomic E-state index is 12.1. The molecule has 1 saturated heterocycles. The molecular weight excluding hydrogens is 258 g/mol. The summed E-state index contributed by atoms with van der Waals surface area (Å²) in [6.45, 7) is 3.12. The fourth-order valence-corrected chi connectivity index (χ4v) is 3.48. The maximum Gasteiger partial charge on any atom is 0.327 e. The van der Waals surface area contributed by atoms with Gasteiger partial charge in [0.15, 0.2) is 0 Å². The summed E-state index contributed by atoms with van der Waals surface area (Å²) in [5.74, 6) is 1.05. The van der Waals surface area contributed by atoms with Gasteiger partial charge < -0.3 is 4.74 Å². The predicted molar refractivity (Wildman–Crippen MR) is 79.3 cm³/mol. The van der Waals surface area contributed by atoms with Crippen LogP contribution >= 0.6 is 11.8 Å². The molecule has 0 aliphatic carbocycles. The van der Waals surface area contributed by atoms with E-state index in [1.807, 2.05) is 49.0 Å². The molecule has 2 rings (SSSR count). The maximum atomic E-state index is 12.1. The summed E-state index contributed by atoms with van der Waals surface area (Å²) in [7, 11) is 0. The molecule has 2 unspecified atom stereocenters. The standard InChI is InChI=1S/C15H21NO2S/c1-2-18-15(17)14(12-7-4-3-5-8-12)16-11-13-9-6-10-19-13/h3-5,7-8,13-14,16H,2,6,9-11H2,1H3. The first-order valence-electron chi connectivity index (χ1n) is 6.88. The van der Waals surface area contributed by atoms with Gasteiger partial charge in [-0.3, -0.25) is 5.32 Å². The van der Waals surface area contributed by atoms with Gasteiger partial charge in [0.1, 0.15) is 6.04 Å². The zero-order chi connectivity index (χ0) is 13.5. The van der Waals surface area contributed by atoms with E-state index >= 15 is 0 Å². The highest BCUT2D eigenvalue weighted by molar-refractivity contribution is 8.00. The number of nitrogens with one attached hydrogen (secondary N) is 1. The smallest absolute Gasteiger partial charge is 0.327 e. The van der Waals surface area contributed by atoms with Crippen LogP contribution in [-0.4, -0.2) is 30.1 Å². The molecule has 0 saturated carbocycles. The van der Waals surface area contributed by atoms with E-state index in [0.717, 1.165) is 12.1 Å². The lowest BCUT2D eigenvalue weighted by Gasteiger charge is -2.19. The molecule has 104 valence electrons. The summed E-state index contributed by atoms with van der Waals surface area (Å²) in [6, 6.07) is 9.45. The third kappa shape index (κ3) is 4.25. The van der Waals surface area contributed by atoms with Crippen LogP contribution < -0.4 is 5.32 Å². The normalized spacial score (nSPS) is 20.2. The molecule has 0 amide bonds. The van der Waals surface area contributed by atoms with E-state index in [4.69, 9.17) is 4.74 Å². The zero-order valence-corrected chi connectivity index (χ0v) is 12.1. The Labute approximate surface area is 119 Å². The number of benzene rings is 1. The lowest BCUT2D eigenvalue weighted by atomic mass is 10.1. The molecule has 1 N–H and O–H groups in total. The Morgan fingerprint density at radius 1 is 1.47 bits per heavy atom. The Balaban J connectivity index is 1.99. The zero-order valence-electron chi connectivity index (χ0n) is 11.3. The highest BCUT2D eigenvalue weighted by atomic mass is 32.2. The summed E-state index contributed by atoms with van der Waals surface area (Å²) in [5.41, 5.74) is 0.976. The van der Waals surface area contributed by atoms with Gasteiger partial charge in [0, 0.05) is 11.8 Å². The second-order valence-electron chi connectivity index (χ2n) is 4.64. The van der Waals surface area contributed by atoms with Gasteiger partial charge >= 0.3 is 5.97 Å². The van der Waals surface area contributed by atoms with Gasteiger partial charge in [-0.1, -0.05) is 30.3 Å². The Kier molecular flexibility index (Phi) is 5.73. The van der Waals surface area contributed by atoms with E-state index in [9.17, 15) is 4.79 Å². The minimum Gasteiger partial charge on any atom is -0.465 e. The Hall–Kier alpha value is -1.00. The first-order valence-corrected chi connectivity index (χ1v) is 7.92. The molecule has 1 aliphatic rings. The van der Waals surface area contributed by atoms with Gasteiger partial charge in [-0.05, 0) is 31.1 Å². The monoisotopic (exact) mass is 279 g/mol. The highest BCUT2D eigenvalue weighted by Gasteiger charge is 2.23. The van der Waals surface area contributed by atoms with Crippen LogP contribution in [0.25, 0.3) is 0 Å². The molecule has 4 heteroatoms. The van der Waals surface area contributed by atoms with Crippen molar-refractivity contribution in [1.82, 2.24) is 5.32 Å². The number of carbonyl (C=O) groups excluding carboxylic acids is 1. The molecule has 0 bridgehead atoms. The molecule has 0 radical (unpaired) electrons. The second-order valence-corrected chi connectivity index (χ2v) is 6.05. The number of hydrogen-bond donors (Lipinski definition) is 1. The Morgan fingerprint density at radius 3 is 2.89 bits per heavy atom. The average Bonchev–Trinajstić information content (AvgIpc) is 2.94. The van der Waals surface area contributed by atoms with Crippen molar-refractivity contribution in [3.8, 4) is 0 Å². The van der Waals surface area contributed by atoms with Crippen molar-refractivity contribution in [3.63, 3.8) is 0 Å². The van der Waals surface area contributed by atoms with E-state index in [2.05, 4.69) is 5.32 Å². The fraction of sp³-hybridized carbons (Fsp3) is 0.533. The first kappa shape index (κ1) is 14.4. The summed E-state index contributed by atoms with van der Waals surface area (Å²) in [4.78, 5) is 12.1. The fourth-order valence-electron chi connectivity index (χ4n) is 2.26. The quantitative estimate of drug-likeness (QED) is 0.813. The van der Waals surface area contributed by atoms with Crippen LogP contribution in [0.5, 0.6) is 0 Å². The highest BCUT2D eigenvalue weighted by Crippen LogP contribution is 2.26. The summed E-state index contributed by atoms with van der Waals surface area (Å²) < 4.78 is 5.17. The minimum atomic E-state index is -0.345.